The van der Waals surface area contributed by atoms with E-state index in [1.807, 2.05) is 0 Å². The molecule has 1 fully saturated rings. The number of rotatable bonds is 3. The van der Waals surface area contributed by atoms with Crippen molar-refractivity contribution >= 4 is 5.69 Å². The van der Waals surface area contributed by atoms with Crippen LogP contribution in [0.4, 0.5) is 5.69 Å². The molecule has 0 aromatic heterocycles. The highest BCUT2D eigenvalue weighted by Gasteiger charge is 2.27. The lowest BCUT2D eigenvalue weighted by Crippen LogP contribution is -2.25. The van der Waals surface area contributed by atoms with E-state index in [9.17, 15) is 0 Å². The predicted octanol–water partition coefficient (Wildman–Crippen LogP) is 4.97. The zero-order valence-corrected chi connectivity index (χ0v) is 12.3. The maximum absolute atomic E-state index is 3.82. The second-order valence-corrected chi connectivity index (χ2v) is 6.65. The third kappa shape index (κ3) is 2.88. The summed E-state index contributed by atoms with van der Waals surface area (Å²) in [6.45, 7) is 9.19. The number of anilines is 1. The van der Waals surface area contributed by atoms with E-state index in [4.69, 9.17) is 0 Å². The number of nitrogens with one attached hydrogen (secondary N) is 1. The van der Waals surface area contributed by atoms with Crippen LogP contribution in [0.15, 0.2) is 24.3 Å². The lowest BCUT2D eigenvalue weighted by molar-refractivity contribution is 0.487. The van der Waals surface area contributed by atoms with Gasteiger partial charge in [-0.15, -0.1) is 0 Å². The van der Waals surface area contributed by atoms with Crippen LogP contribution in [0.2, 0.25) is 0 Å². The summed E-state index contributed by atoms with van der Waals surface area (Å²) in [4.78, 5) is 0. The zero-order valence-electron chi connectivity index (χ0n) is 12.3. The SMILES string of the molecule is CCC1CCCC1Nc1ccccc1C(C)(C)C. The van der Waals surface area contributed by atoms with Crippen LogP contribution in [-0.2, 0) is 5.41 Å². The van der Waals surface area contributed by atoms with E-state index < -0.39 is 0 Å². The van der Waals surface area contributed by atoms with Gasteiger partial charge in [-0.05, 0) is 35.8 Å². The molecular formula is C17H27N. The molecule has 2 rings (SSSR count). The van der Waals surface area contributed by atoms with E-state index in [-0.39, 0.29) is 5.41 Å². The average Bonchev–Trinajstić information content (AvgIpc) is 2.75. The molecule has 1 aliphatic rings. The molecule has 1 saturated carbocycles. The molecule has 0 aliphatic heterocycles. The summed E-state index contributed by atoms with van der Waals surface area (Å²) in [5.41, 5.74) is 2.99. The third-order valence-electron chi connectivity index (χ3n) is 4.26. The number of hydrogen-bond donors (Lipinski definition) is 1. The summed E-state index contributed by atoms with van der Waals surface area (Å²) in [5, 5.41) is 3.82. The Morgan fingerprint density at radius 3 is 2.56 bits per heavy atom. The number of benzene rings is 1. The fourth-order valence-corrected chi connectivity index (χ4v) is 3.18. The van der Waals surface area contributed by atoms with Gasteiger partial charge in [0.05, 0.1) is 0 Å². The average molecular weight is 245 g/mol. The molecule has 0 heterocycles. The van der Waals surface area contributed by atoms with Gasteiger partial charge in [0.15, 0.2) is 0 Å². The molecule has 1 aromatic carbocycles. The quantitative estimate of drug-likeness (QED) is 0.792. The lowest BCUT2D eigenvalue weighted by Gasteiger charge is -2.27. The van der Waals surface area contributed by atoms with Crippen molar-refractivity contribution < 1.29 is 0 Å². The minimum atomic E-state index is 0.212. The van der Waals surface area contributed by atoms with Gasteiger partial charge in [-0.25, -0.2) is 0 Å². The Morgan fingerprint density at radius 2 is 1.89 bits per heavy atom. The lowest BCUT2D eigenvalue weighted by atomic mass is 9.85. The maximum atomic E-state index is 3.82. The Labute approximate surface area is 112 Å². The Bertz CT molecular complexity index is 389. The molecule has 0 amide bonds. The second kappa shape index (κ2) is 5.34. The molecule has 2 atom stereocenters. The van der Waals surface area contributed by atoms with Gasteiger partial charge in [-0.3, -0.25) is 0 Å². The molecule has 0 saturated heterocycles. The Morgan fingerprint density at radius 1 is 1.17 bits per heavy atom. The van der Waals surface area contributed by atoms with Gasteiger partial charge in [0.1, 0.15) is 0 Å². The Kier molecular flexibility index (Phi) is 3.99. The molecule has 0 spiro atoms. The Balaban J connectivity index is 2.19. The van der Waals surface area contributed by atoms with Gasteiger partial charge in [0.2, 0.25) is 0 Å². The zero-order chi connectivity index (χ0) is 13.2. The number of para-hydroxylation sites is 1. The van der Waals surface area contributed by atoms with Gasteiger partial charge in [-0.2, -0.15) is 0 Å². The molecule has 1 aliphatic carbocycles. The highest BCUT2D eigenvalue weighted by Crippen LogP contribution is 2.34. The molecule has 100 valence electrons. The third-order valence-corrected chi connectivity index (χ3v) is 4.26. The summed E-state index contributed by atoms with van der Waals surface area (Å²) < 4.78 is 0. The van der Waals surface area contributed by atoms with Gasteiger partial charge in [0.25, 0.3) is 0 Å². The van der Waals surface area contributed by atoms with Gasteiger partial charge in [-0.1, -0.05) is 58.7 Å². The van der Waals surface area contributed by atoms with Crippen LogP contribution in [0, 0.1) is 5.92 Å². The van der Waals surface area contributed by atoms with Crippen LogP contribution >= 0.6 is 0 Å². The number of hydrogen-bond acceptors (Lipinski definition) is 1. The molecule has 1 N–H and O–H groups in total. The molecule has 0 radical (unpaired) electrons. The van der Waals surface area contributed by atoms with Crippen molar-refractivity contribution in [1.29, 1.82) is 0 Å². The molecule has 2 unspecified atom stereocenters. The van der Waals surface area contributed by atoms with Crippen LogP contribution in [0.5, 0.6) is 0 Å². The highest BCUT2D eigenvalue weighted by atomic mass is 14.9. The minimum absolute atomic E-state index is 0.212. The first-order valence-electron chi connectivity index (χ1n) is 7.38. The van der Waals surface area contributed by atoms with Gasteiger partial charge in [0, 0.05) is 11.7 Å². The molecule has 1 nitrogen and oxygen atoms in total. The van der Waals surface area contributed by atoms with E-state index in [0.29, 0.717) is 6.04 Å². The monoisotopic (exact) mass is 245 g/mol. The second-order valence-electron chi connectivity index (χ2n) is 6.65. The Hall–Kier alpha value is -0.980. The van der Waals surface area contributed by atoms with Crippen LogP contribution in [0.1, 0.15) is 58.9 Å². The smallest absolute Gasteiger partial charge is 0.0380 e. The first-order chi connectivity index (χ1) is 8.52. The van der Waals surface area contributed by atoms with Crippen molar-refractivity contribution in [3.05, 3.63) is 29.8 Å². The largest absolute Gasteiger partial charge is 0.382 e. The van der Waals surface area contributed by atoms with Crippen LogP contribution in [0.25, 0.3) is 0 Å². The topological polar surface area (TPSA) is 12.0 Å². The summed E-state index contributed by atoms with van der Waals surface area (Å²) >= 11 is 0. The highest BCUT2D eigenvalue weighted by molar-refractivity contribution is 5.54. The normalized spacial score (nSPS) is 24.2. The van der Waals surface area contributed by atoms with Crippen molar-refractivity contribution in [2.75, 3.05) is 5.32 Å². The molecule has 1 aromatic rings. The van der Waals surface area contributed by atoms with Gasteiger partial charge < -0.3 is 5.32 Å². The molecular weight excluding hydrogens is 218 g/mol. The van der Waals surface area contributed by atoms with Crippen molar-refractivity contribution in [1.82, 2.24) is 0 Å². The van der Waals surface area contributed by atoms with E-state index in [0.717, 1.165) is 5.92 Å². The van der Waals surface area contributed by atoms with Crippen LogP contribution in [-0.4, -0.2) is 6.04 Å². The van der Waals surface area contributed by atoms with Gasteiger partial charge >= 0.3 is 0 Å². The molecule has 0 bridgehead atoms. The minimum Gasteiger partial charge on any atom is -0.382 e. The van der Waals surface area contributed by atoms with E-state index in [1.165, 1.54) is 36.9 Å². The fraction of sp³-hybridized carbons (Fsp3) is 0.647. The summed E-state index contributed by atoms with van der Waals surface area (Å²) in [6, 6.07) is 9.48. The molecule has 1 heteroatoms. The van der Waals surface area contributed by atoms with Crippen LogP contribution < -0.4 is 5.32 Å². The molecule has 18 heavy (non-hydrogen) atoms. The summed E-state index contributed by atoms with van der Waals surface area (Å²) in [5.74, 6) is 0.859. The predicted molar refractivity (Wildman–Crippen MR) is 80.2 cm³/mol. The standard InChI is InChI=1S/C17H27N/c1-5-13-9-8-12-15(13)18-16-11-7-6-10-14(16)17(2,3)4/h6-7,10-11,13,15,18H,5,8-9,12H2,1-4H3. The fourth-order valence-electron chi connectivity index (χ4n) is 3.18. The van der Waals surface area contributed by atoms with Crippen molar-refractivity contribution in [2.45, 2.75) is 64.8 Å². The van der Waals surface area contributed by atoms with Crippen molar-refractivity contribution in [2.24, 2.45) is 5.92 Å². The van der Waals surface area contributed by atoms with E-state index in [1.54, 1.807) is 0 Å². The summed E-state index contributed by atoms with van der Waals surface area (Å²) in [6.07, 6.45) is 5.41. The van der Waals surface area contributed by atoms with E-state index >= 15 is 0 Å². The first-order valence-corrected chi connectivity index (χ1v) is 7.38. The van der Waals surface area contributed by atoms with Crippen LogP contribution in [0.3, 0.4) is 0 Å². The van der Waals surface area contributed by atoms with Crippen molar-refractivity contribution in [3.8, 4) is 0 Å². The summed E-state index contributed by atoms with van der Waals surface area (Å²) in [7, 11) is 0. The van der Waals surface area contributed by atoms with E-state index in [2.05, 4.69) is 57.3 Å². The first kappa shape index (κ1) is 13.5. The van der Waals surface area contributed by atoms with Crippen molar-refractivity contribution in [3.63, 3.8) is 0 Å². The maximum Gasteiger partial charge on any atom is 0.0380 e.